The van der Waals surface area contributed by atoms with Gasteiger partial charge in [-0.1, -0.05) is 18.6 Å². The summed E-state index contributed by atoms with van der Waals surface area (Å²) in [5.41, 5.74) is 0.960. The van der Waals surface area contributed by atoms with Crippen molar-refractivity contribution in [3.63, 3.8) is 0 Å². The Balaban J connectivity index is 0.00000208. The molecule has 3 unspecified atom stereocenters. The lowest BCUT2D eigenvalue weighted by Crippen LogP contribution is -2.50. The molecule has 136 valence electrons. The average molecular weight is 363 g/mol. The van der Waals surface area contributed by atoms with Crippen LogP contribution >= 0.6 is 12.4 Å². The normalized spacial score (nSPS) is 27.0. The fourth-order valence-electron chi connectivity index (χ4n) is 3.67. The van der Waals surface area contributed by atoms with Crippen LogP contribution in [-0.2, 0) is 11.3 Å². The number of ether oxygens (including phenoxy) is 2. The summed E-state index contributed by atoms with van der Waals surface area (Å²) in [4.78, 5) is 0. The van der Waals surface area contributed by atoms with E-state index in [-0.39, 0.29) is 18.2 Å². The molecule has 1 aliphatic carbocycles. The molecule has 1 aliphatic heterocycles. The van der Waals surface area contributed by atoms with Crippen LogP contribution in [0.5, 0.6) is 5.75 Å². The summed E-state index contributed by atoms with van der Waals surface area (Å²) in [6.07, 6.45) is 3.57. The predicted octanol–water partition coefficient (Wildman–Crippen LogP) is 2.96. The number of halogens is 3. The molecule has 2 aliphatic rings. The minimum atomic E-state index is -2.78. The van der Waals surface area contributed by atoms with Gasteiger partial charge >= 0.3 is 6.61 Å². The number of hydrogen-bond acceptors (Lipinski definition) is 4. The first-order valence-electron chi connectivity index (χ1n) is 8.30. The Hall–Kier alpha value is -0.950. The van der Waals surface area contributed by atoms with E-state index in [0.29, 0.717) is 24.5 Å². The van der Waals surface area contributed by atoms with Gasteiger partial charge in [0.2, 0.25) is 0 Å². The largest absolute Gasteiger partial charge is 0.435 e. The molecule has 2 fully saturated rings. The minimum Gasteiger partial charge on any atom is -0.435 e. The van der Waals surface area contributed by atoms with Crippen LogP contribution in [-0.4, -0.2) is 38.5 Å². The highest BCUT2D eigenvalue weighted by Crippen LogP contribution is 2.30. The average Bonchev–Trinajstić information content (AvgIpc) is 3.02. The van der Waals surface area contributed by atoms with E-state index in [2.05, 4.69) is 15.4 Å². The lowest BCUT2D eigenvalue weighted by atomic mass is 9.94. The highest BCUT2D eigenvalue weighted by Gasteiger charge is 2.34. The van der Waals surface area contributed by atoms with E-state index in [0.717, 1.165) is 31.7 Å². The van der Waals surface area contributed by atoms with Crippen molar-refractivity contribution >= 4 is 12.4 Å². The number of alkyl halides is 2. The first-order chi connectivity index (χ1) is 11.2. The Labute approximate surface area is 147 Å². The van der Waals surface area contributed by atoms with Crippen molar-refractivity contribution < 1.29 is 18.3 Å². The number of benzene rings is 1. The quantitative estimate of drug-likeness (QED) is 0.816. The van der Waals surface area contributed by atoms with Crippen LogP contribution in [0.1, 0.15) is 24.8 Å². The maximum atomic E-state index is 12.3. The molecule has 1 heterocycles. The Kier molecular flexibility index (Phi) is 7.68. The summed E-state index contributed by atoms with van der Waals surface area (Å²) in [7, 11) is 0. The van der Waals surface area contributed by atoms with Gasteiger partial charge < -0.3 is 20.1 Å². The van der Waals surface area contributed by atoms with E-state index in [1.54, 1.807) is 18.2 Å². The van der Waals surface area contributed by atoms with Gasteiger partial charge in [-0.05, 0) is 36.5 Å². The van der Waals surface area contributed by atoms with Crippen LogP contribution in [0.25, 0.3) is 0 Å². The maximum absolute atomic E-state index is 12.3. The molecule has 0 radical (unpaired) electrons. The highest BCUT2D eigenvalue weighted by atomic mass is 35.5. The standard InChI is InChI=1S/C17H24F2N2O2.ClH/c18-17(19)23-13-4-1-3-12(9-13)10-21-15-6-2-5-14(15)16-11-22-8-7-20-16;/h1,3-4,9,14-17,20-21H,2,5-8,10-11H2;1H. The minimum absolute atomic E-state index is 0. The molecule has 0 amide bonds. The molecule has 0 aromatic heterocycles. The second kappa shape index (κ2) is 9.51. The van der Waals surface area contributed by atoms with Crippen LogP contribution in [0.3, 0.4) is 0 Å². The molecular weight excluding hydrogens is 338 g/mol. The van der Waals surface area contributed by atoms with Crippen molar-refractivity contribution in [3.05, 3.63) is 29.8 Å². The second-order valence-corrected chi connectivity index (χ2v) is 6.24. The van der Waals surface area contributed by atoms with Crippen molar-refractivity contribution in [3.8, 4) is 5.75 Å². The van der Waals surface area contributed by atoms with Crippen molar-refractivity contribution in [2.24, 2.45) is 5.92 Å². The summed E-state index contributed by atoms with van der Waals surface area (Å²) >= 11 is 0. The Bertz CT molecular complexity index is 501. The van der Waals surface area contributed by atoms with E-state index in [1.807, 2.05) is 6.07 Å². The molecule has 2 N–H and O–H groups in total. The van der Waals surface area contributed by atoms with E-state index >= 15 is 0 Å². The highest BCUT2D eigenvalue weighted by molar-refractivity contribution is 5.85. The molecule has 1 saturated heterocycles. The summed E-state index contributed by atoms with van der Waals surface area (Å²) in [5.74, 6) is 0.778. The third kappa shape index (κ3) is 5.28. The zero-order chi connectivity index (χ0) is 16.1. The summed E-state index contributed by atoms with van der Waals surface area (Å²) in [5, 5.41) is 7.14. The number of hydrogen-bond donors (Lipinski definition) is 2. The van der Waals surface area contributed by atoms with E-state index in [1.165, 1.54) is 12.8 Å². The van der Waals surface area contributed by atoms with Crippen LogP contribution in [0, 0.1) is 5.92 Å². The van der Waals surface area contributed by atoms with Crippen LogP contribution in [0.2, 0.25) is 0 Å². The third-order valence-electron chi connectivity index (χ3n) is 4.73. The second-order valence-electron chi connectivity index (χ2n) is 6.24. The topological polar surface area (TPSA) is 42.5 Å². The molecule has 7 heteroatoms. The molecule has 1 aromatic carbocycles. The molecule has 4 nitrogen and oxygen atoms in total. The van der Waals surface area contributed by atoms with Crippen LogP contribution in [0.15, 0.2) is 24.3 Å². The molecule has 24 heavy (non-hydrogen) atoms. The number of nitrogens with one attached hydrogen (secondary N) is 2. The number of rotatable bonds is 6. The Morgan fingerprint density at radius 3 is 2.96 bits per heavy atom. The van der Waals surface area contributed by atoms with Crippen LogP contribution in [0.4, 0.5) is 8.78 Å². The lowest BCUT2D eigenvalue weighted by molar-refractivity contribution is -0.0498. The van der Waals surface area contributed by atoms with Crippen molar-refractivity contribution in [1.29, 1.82) is 0 Å². The molecule has 3 atom stereocenters. The molecular formula is C17H25ClF2N2O2. The monoisotopic (exact) mass is 362 g/mol. The van der Waals surface area contributed by atoms with Gasteiger partial charge in [-0.15, -0.1) is 12.4 Å². The van der Waals surface area contributed by atoms with Gasteiger partial charge in [-0.3, -0.25) is 0 Å². The molecule has 0 spiro atoms. The summed E-state index contributed by atoms with van der Waals surface area (Å²) in [6, 6.07) is 7.75. The third-order valence-corrected chi connectivity index (χ3v) is 4.73. The van der Waals surface area contributed by atoms with Gasteiger partial charge in [0, 0.05) is 25.2 Å². The molecule has 1 saturated carbocycles. The van der Waals surface area contributed by atoms with Gasteiger partial charge in [-0.25, -0.2) is 0 Å². The Morgan fingerprint density at radius 1 is 1.33 bits per heavy atom. The molecule has 0 bridgehead atoms. The smallest absolute Gasteiger partial charge is 0.387 e. The summed E-state index contributed by atoms with van der Waals surface area (Å²) < 4.78 is 34.6. The van der Waals surface area contributed by atoms with Crippen molar-refractivity contribution in [2.75, 3.05) is 19.8 Å². The van der Waals surface area contributed by atoms with E-state index < -0.39 is 6.61 Å². The van der Waals surface area contributed by atoms with Crippen molar-refractivity contribution in [2.45, 2.75) is 44.5 Å². The summed E-state index contributed by atoms with van der Waals surface area (Å²) in [6.45, 7) is 0.365. The number of morpholine rings is 1. The maximum Gasteiger partial charge on any atom is 0.387 e. The van der Waals surface area contributed by atoms with Crippen molar-refractivity contribution in [1.82, 2.24) is 10.6 Å². The van der Waals surface area contributed by atoms with Gasteiger partial charge in [0.15, 0.2) is 0 Å². The van der Waals surface area contributed by atoms with Crippen LogP contribution < -0.4 is 15.4 Å². The van der Waals surface area contributed by atoms with E-state index in [9.17, 15) is 8.78 Å². The first kappa shape index (κ1) is 19.4. The van der Waals surface area contributed by atoms with Gasteiger partial charge in [-0.2, -0.15) is 8.78 Å². The zero-order valence-electron chi connectivity index (χ0n) is 13.5. The Morgan fingerprint density at radius 2 is 2.21 bits per heavy atom. The van der Waals surface area contributed by atoms with Gasteiger partial charge in [0.25, 0.3) is 0 Å². The van der Waals surface area contributed by atoms with Gasteiger partial charge in [0.05, 0.1) is 13.2 Å². The SMILES string of the molecule is Cl.FC(F)Oc1cccc(CNC2CCCC2C2COCCN2)c1. The first-order valence-corrected chi connectivity index (χ1v) is 8.30. The predicted molar refractivity (Wildman–Crippen MR) is 90.9 cm³/mol. The molecule has 1 aromatic rings. The zero-order valence-corrected chi connectivity index (χ0v) is 14.4. The fourth-order valence-corrected chi connectivity index (χ4v) is 3.67. The van der Waals surface area contributed by atoms with Gasteiger partial charge in [0.1, 0.15) is 5.75 Å². The fraction of sp³-hybridized carbons (Fsp3) is 0.647. The molecule has 3 rings (SSSR count). The van der Waals surface area contributed by atoms with E-state index in [4.69, 9.17) is 4.74 Å². The lowest BCUT2D eigenvalue weighted by Gasteiger charge is -2.33.